The van der Waals surface area contributed by atoms with Crippen molar-refractivity contribution in [3.63, 3.8) is 0 Å². The van der Waals surface area contributed by atoms with Gasteiger partial charge in [-0.1, -0.05) is 6.92 Å². The van der Waals surface area contributed by atoms with E-state index >= 15 is 0 Å². The molecule has 6 nitrogen and oxygen atoms in total. The zero-order valence-corrected chi connectivity index (χ0v) is 13.0. The van der Waals surface area contributed by atoms with E-state index in [-0.39, 0.29) is 17.9 Å². The summed E-state index contributed by atoms with van der Waals surface area (Å²) >= 11 is 0. The Labute approximate surface area is 133 Å². The zero-order valence-electron chi connectivity index (χ0n) is 13.0. The first-order valence-corrected chi connectivity index (χ1v) is 7.72. The molecule has 0 N–H and O–H groups in total. The molecule has 1 saturated heterocycles. The Balaban J connectivity index is 1.59. The van der Waals surface area contributed by atoms with Gasteiger partial charge in [0.2, 0.25) is 11.7 Å². The Morgan fingerprint density at radius 2 is 2.17 bits per heavy atom. The fraction of sp³-hybridized carbons (Fsp3) is 0.438. The second-order valence-corrected chi connectivity index (χ2v) is 5.52. The summed E-state index contributed by atoms with van der Waals surface area (Å²) in [5, 5.41) is 0. The molecule has 2 aromatic rings. The van der Waals surface area contributed by atoms with Crippen molar-refractivity contribution in [2.75, 3.05) is 13.1 Å². The molecule has 122 valence electrons. The van der Waals surface area contributed by atoms with Gasteiger partial charge in [-0.2, -0.15) is 9.37 Å². The van der Waals surface area contributed by atoms with Crippen LogP contribution in [0.5, 0.6) is 5.88 Å². The van der Waals surface area contributed by atoms with E-state index in [9.17, 15) is 9.18 Å². The van der Waals surface area contributed by atoms with Crippen molar-refractivity contribution in [2.45, 2.75) is 32.4 Å². The second kappa shape index (κ2) is 6.76. The summed E-state index contributed by atoms with van der Waals surface area (Å²) in [7, 11) is 0. The Morgan fingerprint density at radius 3 is 2.91 bits per heavy atom. The molecular formula is C16H19FN4O2. The van der Waals surface area contributed by atoms with Crippen molar-refractivity contribution in [1.29, 1.82) is 0 Å². The molecule has 0 spiro atoms. The fourth-order valence-electron chi connectivity index (χ4n) is 2.66. The summed E-state index contributed by atoms with van der Waals surface area (Å²) in [6, 6.07) is 3.76. The SMILES string of the molecule is CCc1ncnc(O[C@H]2CCN(C(=O)Cn3cccc3)C2)c1F. The van der Waals surface area contributed by atoms with Gasteiger partial charge in [-0.15, -0.1) is 0 Å². The Bertz CT molecular complexity index is 675. The standard InChI is InChI=1S/C16H19FN4O2/c1-2-13-15(17)16(19-11-18-13)23-12-5-8-21(9-12)14(22)10-20-6-3-4-7-20/h3-4,6-7,11-12H,2,5,8-10H2,1H3/t12-/m0/s1. The first-order chi connectivity index (χ1) is 11.2. The molecule has 2 aromatic heterocycles. The largest absolute Gasteiger partial charge is 0.470 e. The van der Waals surface area contributed by atoms with Gasteiger partial charge in [-0.05, 0) is 18.6 Å². The van der Waals surface area contributed by atoms with Crippen LogP contribution >= 0.6 is 0 Å². The molecule has 3 heterocycles. The van der Waals surface area contributed by atoms with E-state index in [1.165, 1.54) is 6.33 Å². The van der Waals surface area contributed by atoms with E-state index in [1.807, 2.05) is 36.0 Å². The number of halogens is 1. The number of aryl methyl sites for hydroxylation is 1. The molecule has 0 radical (unpaired) electrons. The number of amides is 1. The normalized spacial score (nSPS) is 17.5. The molecule has 1 atom stereocenters. The van der Waals surface area contributed by atoms with Gasteiger partial charge >= 0.3 is 0 Å². The minimum Gasteiger partial charge on any atom is -0.470 e. The van der Waals surface area contributed by atoms with Crippen LogP contribution in [0.1, 0.15) is 19.0 Å². The van der Waals surface area contributed by atoms with Crippen molar-refractivity contribution in [2.24, 2.45) is 0 Å². The zero-order chi connectivity index (χ0) is 16.2. The third-order valence-corrected chi connectivity index (χ3v) is 3.92. The summed E-state index contributed by atoms with van der Waals surface area (Å²) < 4.78 is 21.6. The number of aromatic nitrogens is 3. The quantitative estimate of drug-likeness (QED) is 0.841. The van der Waals surface area contributed by atoms with Gasteiger partial charge < -0.3 is 14.2 Å². The van der Waals surface area contributed by atoms with Crippen LogP contribution < -0.4 is 4.74 Å². The molecule has 0 saturated carbocycles. The van der Waals surface area contributed by atoms with E-state index in [2.05, 4.69) is 9.97 Å². The van der Waals surface area contributed by atoms with Gasteiger partial charge in [0, 0.05) is 25.4 Å². The van der Waals surface area contributed by atoms with Gasteiger partial charge in [0.05, 0.1) is 12.2 Å². The van der Waals surface area contributed by atoms with Gasteiger partial charge in [0.15, 0.2) is 0 Å². The van der Waals surface area contributed by atoms with Crippen molar-refractivity contribution in [3.8, 4) is 5.88 Å². The molecule has 0 unspecified atom stereocenters. The van der Waals surface area contributed by atoms with Gasteiger partial charge in [-0.3, -0.25) is 4.79 Å². The van der Waals surface area contributed by atoms with Crippen LogP contribution in [0.15, 0.2) is 30.9 Å². The minimum absolute atomic E-state index is 0.0263. The molecule has 0 aromatic carbocycles. The highest BCUT2D eigenvalue weighted by Crippen LogP contribution is 2.21. The van der Waals surface area contributed by atoms with Crippen LogP contribution in [0.3, 0.4) is 0 Å². The maximum atomic E-state index is 14.1. The lowest BCUT2D eigenvalue weighted by atomic mass is 10.3. The third kappa shape index (κ3) is 3.49. The van der Waals surface area contributed by atoms with Crippen molar-refractivity contribution < 1.29 is 13.9 Å². The lowest BCUT2D eigenvalue weighted by Gasteiger charge is -2.17. The molecule has 0 bridgehead atoms. The number of carbonyl (C=O) groups excluding carboxylic acids is 1. The predicted octanol–water partition coefficient (Wildman–Crippen LogP) is 1.66. The molecule has 3 rings (SSSR count). The van der Waals surface area contributed by atoms with Crippen LogP contribution in [0, 0.1) is 5.82 Å². The highest BCUT2D eigenvalue weighted by molar-refractivity contribution is 5.76. The number of rotatable bonds is 5. The fourth-order valence-corrected chi connectivity index (χ4v) is 2.66. The van der Waals surface area contributed by atoms with Crippen LogP contribution in [0.25, 0.3) is 0 Å². The van der Waals surface area contributed by atoms with Crippen LogP contribution in [0.2, 0.25) is 0 Å². The number of ether oxygens (including phenoxy) is 1. The molecule has 1 fully saturated rings. The maximum Gasteiger partial charge on any atom is 0.254 e. The molecular weight excluding hydrogens is 299 g/mol. The third-order valence-electron chi connectivity index (χ3n) is 3.92. The molecule has 1 aliphatic rings. The van der Waals surface area contributed by atoms with E-state index in [4.69, 9.17) is 4.74 Å². The van der Waals surface area contributed by atoms with Gasteiger partial charge in [-0.25, -0.2) is 4.98 Å². The van der Waals surface area contributed by atoms with Crippen molar-refractivity contribution >= 4 is 5.91 Å². The summed E-state index contributed by atoms with van der Waals surface area (Å²) in [5.41, 5.74) is 0.341. The van der Waals surface area contributed by atoms with Crippen LogP contribution in [0.4, 0.5) is 4.39 Å². The van der Waals surface area contributed by atoms with Gasteiger partial charge in [0.25, 0.3) is 5.88 Å². The van der Waals surface area contributed by atoms with Crippen molar-refractivity contribution in [1.82, 2.24) is 19.4 Å². The highest BCUT2D eigenvalue weighted by Gasteiger charge is 2.28. The molecule has 7 heteroatoms. The second-order valence-electron chi connectivity index (χ2n) is 5.52. The minimum atomic E-state index is -0.507. The number of likely N-dealkylation sites (tertiary alicyclic amines) is 1. The number of nitrogens with zero attached hydrogens (tertiary/aromatic N) is 4. The molecule has 1 amide bonds. The van der Waals surface area contributed by atoms with Crippen LogP contribution in [-0.4, -0.2) is 44.5 Å². The Hall–Kier alpha value is -2.44. The maximum absolute atomic E-state index is 14.1. The number of hydrogen-bond acceptors (Lipinski definition) is 4. The summed E-state index contributed by atoms with van der Waals surface area (Å²) in [6.07, 6.45) is 5.92. The smallest absolute Gasteiger partial charge is 0.254 e. The first-order valence-electron chi connectivity index (χ1n) is 7.72. The average Bonchev–Trinajstić information content (AvgIpc) is 3.21. The Kier molecular flexibility index (Phi) is 4.55. The average molecular weight is 318 g/mol. The van der Waals surface area contributed by atoms with E-state index in [0.29, 0.717) is 38.2 Å². The molecule has 1 aliphatic heterocycles. The predicted molar refractivity (Wildman–Crippen MR) is 81.4 cm³/mol. The monoisotopic (exact) mass is 318 g/mol. The van der Waals surface area contributed by atoms with Crippen LogP contribution in [-0.2, 0) is 17.8 Å². The lowest BCUT2D eigenvalue weighted by Crippen LogP contribution is -2.33. The topological polar surface area (TPSA) is 60.3 Å². The number of hydrogen-bond donors (Lipinski definition) is 0. The highest BCUT2D eigenvalue weighted by atomic mass is 19.1. The molecule has 23 heavy (non-hydrogen) atoms. The molecule has 0 aliphatic carbocycles. The summed E-state index contributed by atoms with van der Waals surface area (Å²) in [6.45, 7) is 3.19. The van der Waals surface area contributed by atoms with E-state index in [0.717, 1.165) is 0 Å². The Morgan fingerprint density at radius 1 is 1.39 bits per heavy atom. The first kappa shape index (κ1) is 15.5. The summed E-state index contributed by atoms with van der Waals surface area (Å²) in [4.78, 5) is 21.7. The van der Waals surface area contributed by atoms with E-state index < -0.39 is 5.82 Å². The van der Waals surface area contributed by atoms with Gasteiger partial charge in [0.1, 0.15) is 19.0 Å². The van der Waals surface area contributed by atoms with E-state index in [1.54, 1.807) is 4.90 Å². The summed E-state index contributed by atoms with van der Waals surface area (Å²) in [5.74, 6) is -0.501. The lowest BCUT2D eigenvalue weighted by molar-refractivity contribution is -0.131. The number of carbonyl (C=O) groups is 1. The van der Waals surface area contributed by atoms with Crippen molar-refractivity contribution in [3.05, 3.63) is 42.4 Å².